The molecule has 1 unspecified atom stereocenters. The van der Waals surface area contributed by atoms with Gasteiger partial charge < -0.3 is 16.3 Å². The Bertz CT molecular complexity index is 538. The van der Waals surface area contributed by atoms with Gasteiger partial charge in [-0.25, -0.2) is 0 Å². The van der Waals surface area contributed by atoms with Crippen LogP contribution in [0.1, 0.15) is 41.8 Å². The minimum atomic E-state index is -0.472. The molecule has 1 aliphatic carbocycles. The highest BCUT2D eigenvalue weighted by atomic mass is 16.4. The number of amides is 1. The van der Waals surface area contributed by atoms with E-state index in [9.17, 15) is 4.79 Å². The van der Waals surface area contributed by atoms with E-state index in [1.807, 2.05) is 32.0 Å². The fourth-order valence-electron chi connectivity index (χ4n) is 2.58. The first-order valence-electron chi connectivity index (χ1n) is 6.93. The molecule has 5 heteroatoms. The van der Waals surface area contributed by atoms with Crippen LogP contribution in [0.15, 0.2) is 23.4 Å². The molecular weight excluding hydrogens is 254 g/mol. The SMILES string of the molecule is CC(C)C(NC(=O)c1ccc2c(c1)CCC2)C(N)=NO. The number of nitrogens with one attached hydrogen (secondary N) is 1. The van der Waals surface area contributed by atoms with E-state index in [0.29, 0.717) is 5.56 Å². The zero-order valence-electron chi connectivity index (χ0n) is 11.9. The van der Waals surface area contributed by atoms with E-state index >= 15 is 0 Å². The number of rotatable bonds is 4. The number of carbonyl (C=O) groups excluding carboxylic acids is 1. The molecule has 108 valence electrons. The van der Waals surface area contributed by atoms with Crippen molar-refractivity contribution in [2.45, 2.75) is 39.2 Å². The Morgan fingerprint density at radius 1 is 1.35 bits per heavy atom. The van der Waals surface area contributed by atoms with E-state index < -0.39 is 6.04 Å². The minimum absolute atomic E-state index is 0.0227. The molecule has 1 atom stereocenters. The van der Waals surface area contributed by atoms with Crippen molar-refractivity contribution in [1.29, 1.82) is 0 Å². The van der Waals surface area contributed by atoms with Crippen LogP contribution >= 0.6 is 0 Å². The lowest BCUT2D eigenvalue weighted by Gasteiger charge is -2.21. The summed E-state index contributed by atoms with van der Waals surface area (Å²) in [5, 5.41) is 14.6. The topological polar surface area (TPSA) is 87.7 Å². The molecule has 0 aromatic heterocycles. The summed E-state index contributed by atoms with van der Waals surface area (Å²) in [6.45, 7) is 3.82. The standard InChI is InChI=1S/C15H21N3O2/c1-9(2)13(14(16)18-20)17-15(19)12-7-6-10-4-3-5-11(10)8-12/h6-9,13,20H,3-5H2,1-2H3,(H2,16,18)(H,17,19). The first-order valence-corrected chi connectivity index (χ1v) is 6.93. The molecule has 1 amide bonds. The third-order valence-electron chi connectivity index (χ3n) is 3.75. The molecule has 0 heterocycles. The van der Waals surface area contributed by atoms with Crippen molar-refractivity contribution >= 4 is 11.7 Å². The van der Waals surface area contributed by atoms with Crippen LogP contribution in [0, 0.1) is 5.92 Å². The Labute approximate surface area is 118 Å². The van der Waals surface area contributed by atoms with Crippen molar-refractivity contribution < 1.29 is 10.0 Å². The van der Waals surface area contributed by atoms with Gasteiger partial charge in [0.1, 0.15) is 0 Å². The van der Waals surface area contributed by atoms with E-state index in [-0.39, 0.29) is 17.7 Å². The Hall–Kier alpha value is -2.04. The molecule has 0 fully saturated rings. The average Bonchev–Trinajstić information content (AvgIpc) is 2.90. The first-order chi connectivity index (χ1) is 9.52. The zero-order chi connectivity index (χ0) is 14.7. The highest BCUT2D eigenvalue weighted by Crippen LogP contribution is 2.22. The maximum Gasteiger partial charge on any atom is 0.251 e. The molecule has 4 N–H and O–H groups in total. The number of aryl methyl sites for hydroxylation is 2. The molecule has 1 aromatic rings. The third-order valence-corrected chi connectivity index (χ3v) is 3.75. The van der Waals surface area contributed by atoms with Crippen LogP contribution in [0.2, 0.25) is 0 Å². The second-order valence-electron chi connectivity index (χ2n) is 5.56. The second-order valence-corrected chi connectivity index (χ2v) is 5.56. The maximum absolute atomic E-state index is 12.3. The number of oxime groups is 1. The van der Waals surface area contributed by atoms with Gasteiger partial charge in [0.05, 0.1) is 6.04 Å². The highest BCUT2D eigenvalue weighted by Gasteiger charge is 2.22. The lowest BCUT2D eigenvalue weighted by atomic mass is 10.0. The number of amidine groups is 1. The van der Waals surface area contributed by atoms with Crippen LogP contribution in [0.4, 0.5) is 0 Å². The third kappa shape index (κ3) is 2.92. The van der Waals surface area contributed by atoms with Gasteiger partial charge in [0.2, 0.25) is 0 Å². The van der Waals surface area contributed by atoms with E-state index in [2.05, 4.69) is 10.5 Å². The molecule has 0 spiro atoms. The zero-order valence-corrected chi connectivity index (χ0v) is 11.9. The van der Waals surface area contributed by atoms with Crippen molar-refractivity contribution in [3.05, 3.63) is 34.9 Å². The number of carbonyl (C=O) groups is 1. The number of fused-ring (bicyclic) bond motifs is 1. The quantitative estimate of drug-likeness (QED) is 0.338. The summed E-state index contributed by atoms with van der Waals surface area (Å²) < 4.78 is 0. The van der Waals surface area contributed by atoms with Gasteiger partial charge in [-0.2, -0.15) is 0 Å². The number of nitrogens with zero attached hydrogens (tertiary/aromatic N) is 1. The van der Waals surface area contributed by atoms with Crippen LogP contribution in [0.5, 0.6) is 0 Å². The predicted octanol–water partition coefficient (Wildman–Crippen LogP) is 1.68. The molecule has 2 rings (SSSR count). The highest BCUT2D eigenvalue weighted by molar-refractivity contribution is 5.98. The Balaban J connectivity index is 2.15. The molecular formula is C15H21N3O2. The van der Waals surface area contributed by atoms with Crippen molar-refractivity contribution in [2.24, 2.45) is 16.8 Å². The summed E-state index contributed by atoms with van der Waals surface area (Å²) in [5.41, 5.74) is 8.83. The molecule has 1 aliphatic rings. The van der Waals surface area contributed by atoms with Gasteiger partial charge >= 0.3 is 0 Å². The maximum atomic E-state index is 12.3. The largest absolute Gasteiger partial charge is 0.409 e. The fourth-order valence-corrected chi connectivity index (χ4v) is 2.58. The Morgan fingerprint density at radius 2 is 2.05 bits per heavy atom. The van der Waals surface area contributed by atoms with Crippen LogP contribution in [0.25, 0.3) is 0 Å². The van der Waals surface area contributed by atoms with Crippen LogP contribution in [0.3, 0.4) is 0 Å². The summed E-state index contributed by atoms with van der Waals surface area (Å²) in [7, 11) is 0. The Kier molecular flexibility index (Phi) is 4.27. The Morgan fingerprint density at radius 3 is 2.70 bits per heavy atom. The van der Waals surface area contributed by atoms with E-state index in [1.54, 1.807) is 0 Å². The van der Waals surface area contributed by atoms with Gasteiger partial charge in [0, 0.05) is 5.56 Å². The van der Waals surface area contributed by atoms with Crippen molar-refractivity contribution in [1.82, 2.24) is 5.32 Å². The average molecular weight is 275 g/mol. The van der Waals surface area contributed by atoms with Crippen LogP contribution in [-0.4, -0.2) is 23.0 Å². The van der Waals surface area contributed by atoms with Crippen molar-refractivity contribution in [3.8, 4) is 0 Å². The predicted molar refractivity (Wildman–Crippen MR) is 78.0 cm³/mol. The summed E-state index contributed by atoms with van der Waals surface area (Å²) in [6.07, 6.45) is 3.28. The number of hydrogen-bond donors (Lipinski definition) is 3. The van der Waals surface area contributed by atoms with Gasteiger partial charge in [-0.05, 0) is 48.4 Å². The van der Waals surface area contributed by atoms with E-state index in [1.165, 1.54) is 11.1 Å². The molecule has 0 saturated heterocycles. The normalized spacial score (nSPS) is 16.1. The number of nitrogens with two attached hydrogens (primary N) is 1. The fraction of sp³-hybridized carbons (Fsp3) is 0.467. The summed E-state index contributed by atoms with van der Waals surface area (Å²) in [4.78, 5) is 12.3. The van der Waals surface area contributed by atoms with Gasteiger partial charge in [-0.3, -0.25) is 4.79 Å². The van der Waals surface area contributed by atoms with Gasteiger partial charge in [-0.15, -0.1) is 0 Å². The smallest absolute Gasteiger partial charge is 0.251 e. The van der Waals surface area contributed by atoms with Crippen molar-refractivity contribution in [3.63, 3.8) is 0 Å². The lowest BCUT2D eigenvalue weighted by molar-refractivity contribution is 0.0938. The van der Waals surface area contributed by atoms with Crippen LogP contribution < -0.4 is 11.1 Å². The molecule has 5 nitrogen and oxygen atoms in total. The minimum Gasteiger partial charge on any atom is -0.409 e. The molecule has 0 radical (unpaired) electrons. The van der Waals surface area contributed by atoms with E-state index in [0.717, 1.165) is 19.3 Å². The number of benzene rings is 1. The van der Waals surface area contributed by atoms with Crippen LogP contribution in [-0.2, 0) is 12.8 Å². The first kappa shape index (κ1) is 14.4. The number of hydrogen-bond acceptors (Lipinski definition) is 3. The summed E-state index contributed by atoms with van der Waals surface area (Å²) >= 11 is 0. The molecule has 0 aliphatic heterocycles. The molecule has 0 bridgehead atoms. The molecule has 20 heavy (non-hydrogen) atoms. The molecule has 0 saturated carbocycles. The second kappa shape index (κ2) is 5.94. The lowest BCUT2D eigenvalue weighted by Crippen LogP contribution is -2.47. The van der Waals surface area contributed by atoms with Gasteiger partial charge in [0.25, 0.3) is 5.91 Å². The van der Waals surface area contributed by atoms with Gasteiger partial charge in [-0.1, -0.05) is 25.1 Å². The summed E-state index contributed by atoms with van der Waals surface area (Å²) in [6, 6.07) is 5.33. The van der Waals surface area contributed by atoms with Crippen molar-refractivity contribution in [2.75, 3.05) is 0 Å². The van der Waals surface area contributed by atoms with Gasteiger partial charge in [0.15, 0.2) is 5.84 Å². The molecule has 1 aromatic carbocycles. The summed E-state index contributed by atoms with van der Waals surface area (Å²) in [5.74, 6) is -0.121. The van der Waals surface area contributed by atoms with E-state index in [4.69, 9.17) is 10.9 Å². The monoisotopic (exact) mass is 275 g/mol.